The highest BCUT2D eigenvalue weighted by Crippen LogP contribution is 2.30. The molecule has 0 atom stereocenters. The summed E-state index contributed by atoms with van der Waals surface area (Å²) in [5, 5.41) is 10.9. The second kappa shape index (κ2) is 5.78. The van der Waals surface area contributed by atoms with Crippen molar-refractivity contribution < 1.29 is 19.4 Å². The van der Waals surface area contributed by atoms with Gasteiger partial charge in [-0.25, -0.2) is 4.79 Å². The first-order chi connectivity index (χ1) is 11.0. The molecular formula is C17H12ClNO4. The lowest BCUT2D eigenvalue weighted by Gasteiger charge is -2.04. The number of fused-ring (bicyclic) bond motifs is 1. The Morgan fingerprint density at radius 1 is 1.13 bits per heavy atom. The summed E-state index contributed by atoms with van der Waals surface area (Å²) in [6.45, 7) is 0. The number of halogens is 1. The van der Waals surface area contributed by atoms with E-state index in [9.17, 15) is 14.7 Å². The Morgan fingerprint density at radius 2 is 1.83 bits per heavy atom. The number of aromatic hydroxyl groups is 1. The van der Waals surface area contributed by atoms with Crippen molar-refractivity contribution in [1.29, 1.82) is 0 Å². The third kappa shape index (κ3) is 2.66. The minimum absolute atomic E-state index is 0.0286. The number of nitrogens with one attached hydrogen (secondary N) is 1. The molecule has 3 aromatic rings. The van der Waals surface area contributed by atoms with Crippen LogP contribution in [0.5, 0.6) is 5.75 Å². The Balaban J connectivity index is 2.15. The highest BCUT2D eigenvalue weighted by Gasteiger charge is 2.19. The fraction of sp³-hybridized carbons (Fsp3) is 0.0588. The molecule has 6 heteroatoms. The highest BCUT2D eigenvalue weighted by atomic mass is 35.5. The summed E-state index contributed by atoms with van der Waals surface area (Å²) in [4.78, 5) is 27.2. The molecule has 23 heavy (non-hydrogen) atoms. The van der Waals surface area contributed by atoms with E-state index in [0.29, 0.717) is 27.1 Å². The molecule has 1 heterocycles. The number of phenolic OH excluding ortho intramolecular Hbond substituents is 1. The third-order valence-corrected chi connectivity index (χ3v) is 3.78. The maximum absolute atomic E-state index is 12.7. The lowest BCUT2D eigenvalue weighted by atomic mass is 10.0. The molecule has 0 fully saturated rings. The molecule has 5 nitrogen and oxygen atoms in total. The lowest BCUT2D eigenvalue weighted by molar-refractivity contribution is 0.0595. The largest absolute Gasteiger partial charge is 0.507 e. The average Bonchev–Trinajstić information content (AvgIpc) is 3.01. The number of carbonyl (C=O) groups is 2. The van der Waals surface area contributed by atoms with Crippen molar-refractivity contribution in [2.45, 2.75) is 0 Å². The number of hydrogen-bond donors (Lipinski definition) is 2. The number of hydrogen-bond acceptors (Lipinski definition) is 4. The Hall–Kier alpha value is -2.79. The van der Waals surface area contributed by atoms with Gasteiger partial charge < -0.3 is 14.8 Å². The molecule has 2 aromatic carbocycles. The van der Waals surface area contributed by atoms with Crippen molar-refractivity contribution in [2.75, 3.05) is 7.11 Å². The van der Waals surface area contributed by atoms with Gasteiger partial charge in [-0.15, -0.1) is 0 Å². The molecule has 0 amide bonds. The summed E-state index contributed by atoms with van der Waals surface area (Å²) in [6, 6.07) is 10.9. The standard InChI is InChI=1S/C17H12ClNO4/c1-23-17(22)13-8-12-14(20)7-6-11(15(12)19-13)16(21)9-2-4-10(18)5-3-9/h2-8,19-20H,1H3. The van der Waals surface area contributed by atoms with Gasteiger partial charge in [0.15, 0.2) is 5.78 Å². The second-order valence-corrected chi connectivity index (χ2v) is 5.37. The first kappa shape index (κ1) is 15.1. The number of aromatic amines is 1. The van der Waals surface area contributed by atoms with Crippen LogP contribution in [0.4, 0.5) is 0 Å². The van der Waals surface area contributed by atoms with Crippen LogP contribution in [0.2, 0.25) is 5.02 Å². The zero-order valence-electron chi connectivity index (χ0n) is 12.1. The first-order valence-corrected chi connectivity index (χ1v) is 7.12. The number of benzene rings is 2. The lowest BCUT2D eigenvalue weighted by Crippen LogP contribution is -2.03. The van der Waals surface area contributed by atoms with Crippen LogP contribution < -0.4 is 0 Å². The van der Waals surface area contributed by atoms with E-state index in [2.05, 4.69) is 9.72 Å². The van der Waals surface area contributed by atoms with Crippen LogP contribution in [-0.4, -0.2) is 29.0 Å². The van der Waals surface area contributed by atoms with Gasteiger partial charge in [0, 0.05) is 21.5 Å². The third-order valence-electron chi connectivity index (χ3n) is 3.53. The molecule has 0 saturated heterocycles. The van der Waals surface area contributed by atoms with E-state index >= 15 is 0 Å². The molecular weight excluding hydrogens is 318 g/mol. The molecule has 0 unspecified atom stereocenters. The quantitative estimate of drug-likeness (QED) is 0.569. The molecule has 1 aromatic heterocycles. The molecule has 3 rings (SSSR count). The zero-order valence-corrected chi connectivity index (χ0v) is 12.8. The van der Waals surface area contributed by atoms with Crippen molar-refractivity contribution >= 4 is 34.3 Å². The molecule has 0 aliphatic rings. The van der Waals surface area contributed by atoms with E-state index in [1.165, 1.54) is 25.3 Å². The molecule has 116 valence electrons. The van der Waals surface area contributed by atoms with Gasteiger partial charge in [0.1, 0.15) is 11.4 Å². The van der Waals surface area contributed by atoms with Gasteiger partial charge in [-0.2, -0.15) is 0 Å². The number of H-pyrrole nitrogens is 1. The molecule has 0 aliphatic carbocycles. The van der Waals surface area contributed by atoms with Crippen LogP contribution in [0.3, 0.4) is 0 Å². The summed E-state index contributed by atoms with van der Waals surface area (Å²) in [7, 11) is 1.26. The van der Waals surface area contributed by atoms with Crippen LogP contribution in [0.25, 0.3) is 10.9 Å². The second-order valence-electron chi connectivity index (χ2n) is 4.93. The summed E-state index contributed by atoms with van der Waals surface area (Å²) >= 11 is 5.83. The number of carbonyl (C=O) groups excluding carboxylic acids is 2. The number of ether oxygens (including phenoxy) is 1. The van der Waals surface area contributed by atoms with Crippen molar-refractivity contribution in [3.63, 3.8) is 0 Å². The van der Waals surface area contributed by atoms with E-state index in [0.717, 1.165) is 0 Å². The predicted molar refractivity (Wildman–Crippen MR) is 86.2 cm³/mol. The summed E-state index contributed by atoms with van der Waals surface area (Å²) in [5.41, 5.74) is 1.34. The van der Waals surface area contributed by atoms with Crippen LogP contribution in [0.15, 0.2) is 42.5 Å². The van der Waals surface area contributed by atoms with E-state index in [-0.39, 0.29) is 17.2 Å². The van der Waals surface area contributed by atoms with Crippen molar-refractivity contribution in [2.24, 2.45) is 0 Å². The van der Waals surface area contributed by atoms with E-state index in [1.807, 2.05) is 0 Å². The molecule has 0 spiro atoms. The van der Waals surface area contributed by atoms with Crippen LogP contribution in [0.1, 0.15) is 26.4 Å². The van der Waals surface area contributed by atoms with Gasteiger partial charge in [0.25, 0.3) is 0 Å². The smallest absolute Gasteiger partial charge is 0.354 e. The van der Waals surface area contributed by atoms with Crippen LogP contribution >= 0.6 is 11.6 Å². The van der Waals surface area contributed by atoms with Gasteiger partial charge in [-0.05, 0) is 42.5 Å². The zero-order chi connectivity index (χ0) is 16.6. The predicted octanol–water partition coefficient (Wildman–Crippen LogP) is 3.54. The molecule has 0 aliphatic heterocycles. The van der Waals surface area contributed by atoms with Gasteiger partial charge in [0.2, 0.25) is 0 Å². The van der Waals surface area contributed by atoms with Crippen LogP contribution in [-0.2, 0) is 4.74 Å². The first-order valence-electron chi connectivity index (χ1n) is 6.74. The maximum atomic E-state index is 12.7. The Kier molecular flexibility index (Phi) is 3.80. The Morgan fingerprint density at radius 3 is 2.48 bits per heavy atom. The summed E-state index contributed by atoms with van der Waals surface area (Å²) in [6.07, 6.45) is 0. The minimum Gasteiger partial charge on any atom is -0.507 e. The van der Waals surface area contributed by atoms with Gasteiger partial charge in [-0.3, -0.25) is 4.79 Å². The van der Waals surface area contributed by atoms with Gasteiger partial charge in [0.05, 0.1) is 12.6 Å². The number of ketones is 1. The SMILES string of the molecule is COC(=O)c1cc2c(O)ccc(C(=O)c3ccc(Cl)cc3)c2[nH]1. The molecule has 0 saturated carbocycles. The topological polar surface area (TPSA) is 79.4 Å². The highest BCUT2D eigenvalue weighted by molar-refractivity contribution is 6.30. The van der Waals surface area contributed by atoms with Gasteiger partial charge in [-0.1, -0.05) is 11.6 Å². The maximum Gasteiger partial charge on any atom is 0.354 e. The van der Waals surface area contributed by atoms with E-state index < -0.39 is 5.97 Å². The Labute approximate surface area is 136 Å². The Bertz CT molecular complexity index is 912. The molecule has 0 bridgehead atoms. The number of methoxy groups -OCH3 is 1. The van der Waals surface area contributed by atoms with Crippen molar-refractivity contribution in [3.8, 4) is 5.75 Å². The monoisotopic (exact) mass is 329 g/mol. The fourth-order valence-corrected chi connectivity index (χ4v) is 2.50. The number of phenols is 1. The number of aromatic nitrogens is 1. The van der Waals surface area contributed by atoms with Crippen molar-refractivity contribution in [1.82, 2.24) is 4.98 Å². The van der Waals surface area contributed by atoms with E-state index in [1.54, 1.807) is 24.3 Å². The summed E-state index contributed by atoms with van der Waals surface area (Å²) in [5.74, 6) is -0.852. The number of rotatable bonds is 3. The van der Waals surface area contributed by atoms with Crippen molar-refractivity contribution in [3.05, 3.63) is 64.3 Å². The van der Waals surface area contributed by atoms with Gasteiger partial charge >= 0.3 is 5.97 Å². The minimum atomic E-state index is -0.578. The average molecular weight is 330 g/mol. The fourth-order valence-electron chi connectivity index (χ4n) is 2.37. The van der Waals surface area contributed by atoms with E-state index in [4.69, 9.17) is 11.6 Å². The normalized spacial score (nSPS) is 10.7. The van der Waals surface area contributed by atoms with Crippen LogP contribution in [0, 0.1) is 0 Å². The number of esters is 1. The summed E-state index contributed by atoms with van der Waals surface area (Å²) < 4.78 is 4.65. The molecule has 0 radical (unpaired) electrons. The molecule has 2 N–H and O–H groups in total.